The van der Waals surface area contributed by atoms with Crippen molar-refractivity contribution in [1.29, 1.82) is 0 Å². The van der Waals surface area contributed by atoms with Crippen LogP contribution in [0.5, 0.6) is 0 Å². The zero-order chi connectivity index (χ0) is 13.3. The highest BCUT2D eigenvalue weighted by molar-refractivity contribution is 5.96. The third kappa shape index (κ3) is 2.20. The number of carboxylic acids is 1. The first-order valence-electron chi connectivity index (χ1n) is 5.93. The predicted octanol–water partition coefficient (Wildman–Crippen LogP) is 1.79. The van der Waals surface area contributed by atoms with E-state index in [2.05, 4.69) is 4.98 Å². The number of aromatic carboxylic acids is 1. The lowest BCUT2D eigenvalue weighted by molar-refractivity contribution is 0.0646. The Bertz CT molecular complexity index is 497. The van der Waals surface area contributed by atoms with E-state index in [4.69, 9.17) is 5.11 Å². The number of rotatable bonds is 2. The van der Waals surface area contributed by atoms with Gasteiger partial charge < -0.3 is 10.0 Å². The fourth-order valence-corrected chi connectivity index (χ4v) is 2.30. The first-order valence-corrected chi connectivity index (χ1v) is 5.93. The molecule has 0 saturated carbocycles. The monoisotopic (exact) mass is 248 g/mol. The molecule has 1 aliphatic rings. The second-order valence-corrected chi connectivity index (χ2v) is 5.11. The molecular formula is C13H16N2O3. The Morgan fingerprint density at radius 2 is 2.17 bits per heavy atom. The van der Waals surface area contributed by atoms with Gasteiger partial charge >= 0.3 is 5.97 Å². The second-order valence-electron chi connectivity index (χ2n) is 5.11. The standard InChI is InChI=1S/C13H16N2O3/c1-13(2)5-3-7-15(13)11(16)10-8-9(12(17)18)4-6-14-10/h4,6,8H,3,5,7H2,1-2H3,(H,17,18). The normalized spacial score (nSPS) is 17.8. The molecule has 0 bridgehead atoms. The van der Waals surface area contributed by atoms with Crippen LogP contribution in [0, 0.1) is 0 Å². The van der Waals surface area contributed by atoms with Crippen molar-refractivity contribution in [2.75, 3.05) is 6.54 Å². The van der Waals surface area contributed by atoms with Crippen LogP contribution in [0.1, 0.15) is 47.5 Å². The first-order chi connectivity index (χ1) is 8.42. The second kappa shape index (κ2) is 4.40. The molecule has 96 valence electrons. The molecule has 2 heterocycles. The summed E-state index contributed by atoms with van der Waals surface area (Å²) in [5, 5.41) is 8.91. The fourth-order valence-electron chi connectivity index (χ4n) is 2.30. The number of likely N-dealkylation sites (tertiary alicyclic amines) is 1. The van der Waals surface area contributed by atoms with Gasteiger partial charge in [-0.3, -0.25) is 9.78 Å². The van der Waals surface area contributed by atoms with Gasteiger partial charge in [-0.2, -0.15) is 0 Å². The molecule has 1 saturated heterocycles. The molecule has 5 nitrogen and oxygen atoms in total. The van der Waals surface area contributed by atoms with Crippen LogP contribution in [0.25, 0.3) is 0 Å². The Morgan fingerprint density at radius 3 is 2.72 bits per heavy atom. The van der Waals surface area contributed by atoms with E-state index in [0.29, 0.717) is 6.54 Å². The topological polar surface area (TPSA) is 70.5 Å². The molecule has 0 spiro atoms. The summed E-state index contributed by atoms with van der Waals surface area (Å²) in [6.45, 7) is 4.72. The minimum atomic E-state index is -1.05. The van der Waals surface area contributed by atoms with Crippen molar-refractivity contribution >= 4 is 11.9 Å². The minimum Gasteiger partial charge on any atom is -0.478 e. The summed E-state index contributed by atoms with van der Waals surface area (Å²) < 4.78 is 0. The Morgan fingerprint density at radius 1 is 1.44 bits per heavy atom. The van der Waals surface area contributed by atoms with Crippen LogP contribution in [-0.2, 0) is 0 Å². The summed E-state index contributed by atoms with van der Waals surface area (Å²) in [4.78, 5) is 28.9. The molecular weight excluding hydrogens is 232 g/mol. The van der Waals surface area contributed by atoms with Gasteiger partial charge in [-0.1, -0.05) is 0 Å². The molecule has 5 heteroatoms. The number of pyridine rings is 1. The Kier molecular flexibility index (Phi) is 3.07. The van der Waals surface area contributed by atoms with E-state index in [-0.39, 0.29) is 22.7 Å². The Balaban J connectivity index is 2.29. The molecule has 0 aliphatic carbocycles. The zero-order valence-corrected chi connectivity index (χ0v) is 10.5. The van der Waals surface area contributed by atoms with Crippen molar-refractivity contribution in [1.82, 2.24) is 9.88 Å². The van der Waals surface area contributed by atoms with Crippen LogP contribution in [0.2, 0.25) is 0 Å². The quantitative estimate of drug-likeness (QED) is 0.866. The minimum absolute atomic E-state index is 0.0883. The smallest absolute Gasteiger partial charge is 0.335 e. The number of hydrogen-bond acceptors (Lipinski definition) is 3. The lowest BCUT2D eigenvalue weighted by Crippen LogP contribution is -2.43. The van der Waals surface area contributed by atoms with E-state index in [1.807, 2.05) is 13.8 Å². The number of hydrogen-bond donors (Lipinski definition) is 1. The maximum absolute atomic E-state index is 12.3. The third-order valence-corrected chi connectivity index (χ3v) is 3.37. The molecule has 0 aromatic carbocycles. The Hall–Kier alpha value is -1.91. The van der Waals surface area contributed by atoms with Gasteiger partial charge in [0, 0.05) is 18.3 Å². The van der Waals surface area contributed by atoms with Gasteiger partial charge in [0.25, 0.3) is 5.91 Å². The summed E-state index contributed by atoms with van der Waals surface area (Å²) in [5.41, 5.74) is 0.105. The molecule has 1 aromatic rings. The Labute approximate surface area is 105 Å². The van der Waals surface area contributed by atoms with Crippen LogP contribution in [0.4, 0.5) is 0 Å². The van der Waals surface area contributed by atoms with Crippen molar-refractivity contribution < 1.29 is 14.7 Å². The molecule has 18 heavy (non-hydrogen) atoms. The van der Waals surface area contributed by atoms with Gasteiger partial charge in [-0.05, 0) is 38.8 Å². The van der Waals surface area contributed by atoms with Gasteiger partial charge in [-0.15, -0.1) is 0 Å². The SMILES string of the molecule is CC1(C)CCCN1C(=O)c1cc(C(=O)O)ccn1. The van der Waals surface area contributed by atoms with E-state index >= 15 is 0 Å². The van der Waals surface area contributed by atoms with Crippen molar-refractivity contribution in [3.05, 3.63) is 29.6 Å². The summed E-state index contributed by atoms with van der Waals surface area (Å²) >= 11 is 0. The average molecular weight is 248 g/mol. The van der Waals surface area contributed by atoms with Crippen LogP contribution in [0.15, 0.2) is 18.3 Å². The highest BCUT2D eigenvalue weighted by Gasteiger charge is 2.36. The van der Waals surface area contributed by atoms with Gasteiger partial charge in [0.2, 0.25) is 0 Å². The van der Waals surface area contributed by atoms with Crippen LogP contribution in [-0.4, -0.2) is 39.0 Å². The number of carboxylic acid groups (broad SMARTS) is 1. The van der Waals surface area contributed by atoms with Gasteiger partial charge in [0.15, 0.2) is 0 Å². The first kappa shape index (κ1) is 12.5. The summed E-state index contributed by atoms with van der Waals surface area (Å²) in [7, 11) is 0. The number of nitrogens with zero attached hydrogens (tertiary/aromatic N) is 2. The number of aromatic nitrogens is 1. The fraction of sp³-hybridized carbons (Fsp3) is 0.462. The van der Waals surface area contributed by atoms with Crippen molar-refractivity contribution in [2.45, 2.75) is 32.2 Å². The van der Waals surface area contributed by atoms with E-state index in [9.17, 15) is 9.59 Å². The molecule has 1 aliphatic heterocycles. The molecule has 1 amide bonds. The van der Waals surface area contributed by atoms with Crippen LogP contribution in [0.3, 0.4) is 0 Å². The van der Waals surface area contributed by atoms with E-state index in [1.54, 1.807) is 4.90 Å². The summed E-state index contributed by atoms with van der Waals surface area (Å²) in [5.74, 6) is -1.24. The molecule has 1 N–H and O–H groups in total. The van der Waals surface area contributed by atoms with Crippen LogP contribution < -0.4 is 0 Å². The molecule has 1 aromatic heterocycles. The van der Waals surface area contributed by atoms with Crippen LogP contribution >= 0.6 is 0 Å². The predicted molar refractivity (Wildman–Crippen MR) is 65.5 cm³/mol. The van der Waals surface area contributed by atoms with E-state index < -0.39 is 5.97 Å². The van der Waals surface area contributed by atoms with E-state index in [0.717, 1.165) is 12.8 Å². The maximum atomic E-state index is 12.3. The summed E-state index contributed by atoms with van der Waals surface area (Å²) in [6, 6.07) is 2.72. The lowest BCUT2D eigenvalue weighted by Gasteiger charge is -2.31. The zero-order valence-electron chi connectivity index (χ0n) is 10.5. The van der Waals surface area contributed by atoms with Crippen molar-refractivity contribution in [3.8, 4) is 0 Å². The molecule has 0 unspecified atom stereocenters. The van der Waals surface area contributed by atoms with Crippen molar-refractivity contribution in [3.63, 3.8) is 0 Å². The maximum Gasteiger partial charge on any atom is 0.335 e. The molecule has 0 radical (unpaired) electrons. The number of amides is 1. The van der Waals surface area contributed by atoms with Gasteiger partial charge in [0.05, 0.1) is 5.56 Å². The van der Waals surface area contributed by atoms with Gasteiger partial charge in [0.1, 0.15) is 5.69 Å². The third-order valence-electron chi connectivity index (χ3n) is 3.37. The highest BCUT2D eigenvalue weighted by atomic mass is 16.4. The molecule has 2 rings (SSSR count). The average Bonchev–Trinajstić information content (AvgIpc) is 2.68. The van der Waals surface area contributed by atoms with Gasteiger partial charge in [-0.25, -0.2) is 4.79 Å². The molecule has 0 atom stereocenters. The number of carbonyl (C=O) groups excluding carboxylic acids is 1. The highest BCUT2D eigenvalue weighted by Crippen LogP contribution is 2.29. The number of carbonyl (C=O) groups is 2. The lowest BCUT2D eigenvalue weighted by atomic mass is 10.0. The van der Waals surface area contributed by atoms with Crippen molar-refractivity contribution in [2.24, 2.45) is 0 Å². The molecule has 1 fully saturated rings. The van der Waals surface area contributed by atoms with E-state index in [1.165, 1.54) is 18.3 Å². The summed E-state index contributed by atoms with van der Waals surface area (Å²) in [6.07, 6.45) is 3.29. The largest absolute Gasteiger partial charge is 0.478 e.